The molecule has 0 fully saturated rings. The van der Waals surface area contributed by atoms with E-state index in [1.165, 1.54) is 7.11 Å². The lowest BCUT2D eigenvalue weighted by Crippen LogP contribution is -2.33. The Hall–Kier alpha value is -0.740. The Morgan fingerprint density at radius 2 is 2.05 bits per heavy atom. The SMILES string of the molecule is CCC(CC)C(Br)CNC(=O)c1cc(Cl)ccc1OC. The van der Waals surface area contributed by atoms with Gasteiger partial charge in [-0.05, 0) is 24.1 Å². The highest BCUT2D eigenvalue weighted by Gasteiger charge is 2.18. The molecular formula is C15H21BrClNO2. The molecular weight excluding hydrogens is 342 g/mol. The molecule has 1 aromatic carbocycles. The molecule has 0 heterocycles. The summed E-state index contributed by atoms with van der Waals surface area (Å²) in [7, 11) is 1.54. The summed E-state index contributed by atoms with van der Waals surface area (Å²) in [6, 6.07) is 5.02. The predicted octanol–water partition coefficient (Wildman–Crippen LogP) is 4.28. The second-order valence-electron chi connectivity index (χ2n) is 4.65. The number of nitrogens with one attached hydrogen (secondary N) is 1. The number of ether oxygens (including phenoxy) is 1. The number of alkyl halides is 1. The number of hydrogen-bond acceptors (Lipinski definition) is 2. The summed E-state index contributed by atoms with van der Waals surface area (Å²) in [5, 5.41) is 3.45. The molecule has 20 heavy (non-hydrogen) atoms. The fourth-order valence-electron chi connectivity index (χ4n) is 2.11. The van der Waals surface area contributed by atoms with Crippen LogP contribution in [0.15, 0.2) is 18.2 Å². The first-order chi connectivity index (χ1) is 9.53. The van der Waals surface area contributed by atoms with Gasteiger partial charge in [0.2, 0.25) is 0 Å². The van der Waals surface area contributed by atoms with E-state index in [2.05, 4.69) is 35.1 Å². The van der Waals surface area contributed by atoms with Crippen LogP contribution in [0.4, 0.5) is 0 Å². The highest BCUT2D eigenvalue weighted by Crippen LogP contribution is 2.23. The third-order valence-corrected chi connectivity index (χ3v) is 4.73. The van der Waals surface area contributed by atoms with E-state index in [-0.39, 0.29) is 10.7 Å². The van der Waals surface area contributed by atoms with Gasteiger partial charge in [-0.3, -0.25) is 4.79 Å². The Morgan fingerprint density at radius 3 is 2.60 bits per heavy atom. The van der Waals surface area contributed by atoms with E-state index in [0.717, 1.165) is 12.8 Å². The van der Waals surface area contributed by atoms with Gasteiger partial charge < -0.3 is 10.1 Å². The van der Waals surface area contributed by atoms with Crippen LogP contribution in [0.1, 0.15) is 37.0 Å². The van der Waals surface area contributed by atoms with Gasteiger partial charge in [0.1, 0.15) is 5.75 Å². The molecule has 0 bridgehead atoms. The summed E-state index contributed by atoms with van der Waals surface area (Å²) in [4.78, 5) is 12.5. The van der Waals surface area contributed by atoms with Gasteiger partial charge in [-0.1, -0.05) is 54.2 Å². The lowest BCUT2D eigenvalue weighted by Gasteiger charge is -2.20. The molecule has 0 aliphatic heterocycles. The Kier molecular flexibility index (Phi) is 7.38. The van der Waals surface area contributed by atoms with Crippen molar-refractivity contribution in [1.82, 2.24) is 5.32 Å². The van der Waals surface area contributed by atoms with Gasteiger partial charge in [0.15, 0.2) is 0 Å². The van der Waals surface area contributed by atoms with Crippen molar-refractivity contribution in [2.24, 2.45) is 5.92 Å². The maximum atomic E-state index is 12.2. The van der Waals surface area contributed by atoms with E-state index in [9.17, 15) is 4.79 Å². The number of carbonyl (C=O) groups excluding carboxylic acids is 1. The summed E-state index contributed by atoms with van der Waals surface area (Å²) in [5.41, 5.74) is 0.462. The number of halogens is 2. The molecule has 1 unspecified atom stereocenters. The first-order valence-corrected chi connectivity index (χ1v) is 8.08. The first kappa shape index (κ1) is 17.3. The van der Waals surface area contributed by atoms with E-state index in [1.54, 1.807) is 18.2 Å². The third kappa shape index (κ3) is 4.67. The second kappa shape index (κ2) is 8.53. The third-order valence-electron chi connectivity index (χ3n) is 3.42. The predicted molar refractivity (Wildman–Crippen MR) is 87.1 cm³/mol. The van der Waals surface area contributed by atoms with Gasteiger partial charge in [-0.25, -0.2) is 0 Å². The van der Waals surface area contributed by atoms with Crippen molar-refractivity contribution >= 4 is 33.4 Å². The fourth-order valence-corrected chi connectivity index (χ4v) is 3.19. The molecule has 0 saturated carbocycles. The molecule has 0 aromatic heterocycles. The zero-order valence-electron chi connectivity index (χ0n) is 12.1. The van der Waals surface area contributed by atoms with Crippen molar-refractivity contribution in [3.05, 3.63) is 28.8 Å². The van der Waals surface area contributed by atoms with Crippen LogP contribution >= 0.6 is 27.5 Å². The van der Waals surface area contributed by atoms with Gasteiger partial charge in [0.05, 0.1) is 12.7 Å². The van der Waals surface area contributed by atoms with Gasteiger partial charge >= 0.3 is 0 Å². The minimum absolute atomic E-state index is 0.167. The summed E-state index contributed by atoms with van der Waals surface area (Å²) in [6.07, 6.45) is 2.17. The van der Waals surface area contributed by atoms with Crippen LogP contribution in [0, 0.1) is 5.92 Å². The Bertz CT molecular complexity index is 449. The average Bonchev–Trinajstić information content (AvgIpc) is 2.46. The lowest BCUT2D eigenvalue weighted by atomic mass is 9.99. The zero-order valence-corrected chi connectivity index (χ0v) is 14.4. The van der Waals surface area contributed by atoms with Crippen molar-refractivity contribution in [1.29, 1.82) is 0 Å². The topological polar surface area (TPSA) is 38.3 Å². The highest BCUT2D eigenvalue weighted by molar-refractivity contribution is 9.09. The molecule has 1 amide bonds. The molecule has 0 aliphatic rings. The van der Waals surface area contributed by atoms with Crippen LogP contribution < -0.4 is 10.1 Å². The fraction of sp³-hybridized carbons (Fsp3) is 0.533. The van der Waals surface area contributed by atoms with Gasteiger partial charge in [0.25, 0.3) is 5.91 Å². The highest BCUT2D eigenvalue weighted by atomic mass is 79.9. The molecule has 5 heteroatoms. The number of benzene rings is 1. The van der Waals surface area contributed by atoms with Crippen LogP contribution in [-0.2, 0) is 0 Å². The Balaban J connectivity index is 2.70. The summed E-state index contributed by atoms with van der Waals surface area (Å²) < 4.78 is 5.19. The van der Waals surface area contributed by atoms with Crippen LogP contribution in [0.3, 0.4) is 0 Å². The second-order valence-corrected chi connectivity index (χ2v) is 6.26. The molecule has 0 aliphatic carbocycles. The monoisotopic (exact) mass is 361 g/mol. The minimum Gasteiger partial charge on any atom is -0.496 e. The maximum Gasteiger partial charge on any atom is 0.255 e. The van der Waals surface area contributed by atoms with Crippen molar-refractivity contribution in [2.75, 3.05) is 13.7 Å². The first-order valence-electron chi connectivity index (χ1n) is 6.79. The van der Waals surface area contributed by atoms with Crippen molar-refractivity contribution in [3.8, 4) is 5.75 Å². The largest absolute Gasteiger partial charge is 0.496 e. The normalized spacial score (nSPS) is 12.3. The summed E-state index contributed by atoms with van der Waals surface area (Å²) >= 11 is 9.57. The van der Waals surface area contributed by atoms with E-state index in [4.69, 9.17) is 16.3 Å². The van der Waals surface area contributed by atoms with Crippen LogP contribution in [0.25, 0.3) is 0 Å². The molecule has 0 spiro atoms. The Morgan fingerprint density at radius 1 is 1.40 bits per heavy atom. The van der Waals surface area contributed by atoms with Crippen molar-refractivity contribution < 1.29 is 9.53 Å². The van der Waals surface area contributed by atoms with E-state index >= 15 is 0 Å². The molecule has 0 radical (unpaired) electrons. The molecule has 112 valence electrons. The average molecular weight is 363 g/mol. The minimum atomic E-state index is -0.167. The van der Waals surface area contributed by atoms with Crippen LogP contribution in [0.2, 0.25) is 5.02 Å². The molecule has 1 N–H and O–H groups in total. The number of methoxy groups -OCH3 is 1. The number of carbonyl (C=O) groups is 1. The molecule has 1 atom stereocenters. The quantitative estimate of drug-likeness (QED) is 0.735. The molecule has 1 aromatic rings. The van der Waals surface area contributed by atoms with Gasteiger partial charge in [-0.15, -0.1) is 0 Å². The number of rotatable bonds is 7. The number of amides is 1. The van der Waals surface area contributed by atoms with Gasteiger partial charge in [-0.2, -0.15) is 0 Å². The number of hydrogen-bond donors (Lipinski definition) is 1. The van der Waals surface area contributed by atoms with Crippen molar-refractivity contribution in [3.63, 3.8) is 0 Å². The Labute approximate surface area is 134 Å². The van der Waals surface area contributed by atoms with Gasteiger partial charge in [0, 0.05) is 16.4 Å². The summed E-state index contributed by atoms with van der Waals surface area (Å²) in [5.74, 6) is 0.914. The molecule has 1 rings (SSSR count). The smallest absolute Gasteiger partial charge is 0.255 e. The zero-order chi connectivity index (χ0) is 15.1. The van der Waals surface area contributed by atoms with Crippen molar-refractivity contribution in [2.45, 2.75) is 31.5 Å². The van der Waals surface area contributed by atoms with E-state index in [1.807, 2.05) is 0 Å². The van der Waals surface area contributed by atoms with E-state index in [0.29, 0.717) is 28.8 Å². The van der Waals surface area contributed by atoms with Crippen LogP contribution in [-0.4, -0.2) is 24.4 Å². The van der Waals surface area contributed by atoms with E-state index < -0.39 is 0 Å². The summed E-state index contributed by atoms with van der Waals surface area (Å²) in [6.45, 7) is 4.90. The molecule has 0 saturated heterocycles. The molecule has 3 nitrogen and oxygen atoms in total. The van der Waals surface area contributed by atoms with Crippen LogP contribution in [0.5, 0.6) is 5.75 Å². The standard InChI is InChI=1S/C15H21BrClNO2/c1-4-10(5-2)13(16)9-18-15(19)12-8-11(17)6-7-14(12)20-3/h6-8,10,13H,4-5,9H2,1-3H3,(H,18,19). The maximum absolute atomic E-state index is 12.2. The lowest BCUT2D eigenvalue weighted by molar-refractivity contribution is 0.0949.